The average molecular weight is 418 g/mol. The first kappa shape index (κ1) is 21.7. The van der Waals surface area contributed by atoms with E-state index in [1.807, 2.05) is 105 Å². The largest absolute Gasteiger partial charge is 0.304 e. The lowest BCUT2D eigenvalue weighted by molar-refractivity contribution is -0.483. The molecule has 30 heavy (non-hydrogen) atoms. The van der Waals surface area contributed by atoms with E-state index in [0.717, 1.165) is 21.9 Å². The highest BCUT2D eigenvalue weighted by molar-refractivity contribution is 7.13. The molecule has 0 heterocycles. The summed E-state index contributed by atoms with van der Waals surface area (Å²) in [5, 5.41) is 12.8. The Hall–Kier alpha value is -3.05. The highest BCUT2D eigenvalue weighted by Crippen LogP contribution is 2.36. The first-order chi connectivity index (χ1) is 14.3. The van der Waals surface area contributed by atoms with Crippen molar-refractivity contribution in [1.29, 1.82) is 0 Å². The van der Waals surface area contributed by atoms with Crippen LogP contribution in [0.2, 0.25) is 13.1 Å². The van der Waals surface area contributed by atoms with Gasteiger partial charge in [0.2, 0.25) is 6.54 Å². The van der Waals surface area contributed by atoms with Crippen LogP contribution >= 0.6 is 0 Å². The molecule has 154 valence electrons. The van der Waals surface area contributed by atoms with E-state index in [0.29, 0.717) is 0 Å². The molecule has 0 fully saturated rings. The Bertz CT molecular complexity index is 1000. The van der Waals surface area contributed by atoms with Gasteiger partial charge in [-0.1, -0.05) is 109 Å². The zero-order valence-corrected chi connectivity index (χ0v) is 18.6. The van der Waals surface area contributed by atoms with Crippen LogP contribution in [0.15, 0.2) is 84.9 Å². The smallest absolute Gasteiger partial charge is 0.211 e. The molecule has 0 aliphatic carbocycles. The maximum atomic E-state index is 14.1. The minimum atomic E-state index is -2.55. The SMILES string of the molecule is Cc1ccc([C@H](C[N+](=O)[O-])[C@H](C(=O)[Si](C)(C)c2ccccc2)c2ccccc2)cc1. The van der Waals surface area contributed by atoms with Crippen LogP contribution in [-0.2, 0) is 4.79 Å². The molecule has 3 aromatic carbocycles. The summed E-state index contributed by atoms with van der Waals surface area (Å²) in [4.78, 5) is 25.4. The number of rotatable bonds is 8. The fraction of sp³-hybridized carbons (Fsp3) is 0.240. The fourth-order valence-corrected chi connectivity index (χ4v) is 6.45. The number of nitrogens with zero attached hydrogens (tertiary/aromatic N) is 1. The van der Waals surface area contributed by atoms with E-state index in [1.54, 1.807) is 0 Å². The van der Waals surface area contributed by atoms with Crippen molar-refractivity contribution in [1.82, 2.24) is 0 Å². The van der Waals surface area contributed by atoms with E-state index in [-0.39, 0.29) is 16.9 Å². The van der Waals surface area contributed by atoms with Gasteiger partial charge in [0.15, 0.2) is 8.07 Å². The predicted octanol–water partition coefficient (Wildman–Crippen LogP) is 4.86. The van der Waals surface area contributed by atoms with Crippen molar-refractivity contribution in [3.63, 3.8) is 0 Å². The summed E-state index contributed by atoms with van der Waals surface area (Å²) < 4.78 is 0. The van der Waals surface area contributed by atoms with Gasteiger partial charge >= 0.3 is 0 Å². The molecule has 0 aliphatic heterocycles. The van der Waals surface area contributed by atoms with E-state index >= 15 is 0 Å². The standard InChI is InChI=1S/C25H27NO3Si/c1-19-14-16-20(17-15-19)23(18-26(28)29)24(21-10-6-4-7-11-21)25(27)30(2,3)22-12-8-5-9-13-22/h4-17,23-24H,18H2,1-3H3/t23-,24+/m0/s1. The van der Waals surface area contributed by atoms with Gasteiger partial charge in [0, 0.05) is 4.92 Å². The first-order valence-electron chi connectivity index (χ1n) is 10.1. The van der Waals surface area contributed by atoms with Crippen molar-refractivity contribution in [2.24, 2.45) is 0 Å². The van der Waals surface area contributed by atoms with Crippen LogP contribution in [0.25, 0.3) is 0 Å². The van der Waals surface area contributed by atoms with Gasteiger partial charge in [0.05, 0.1) is 11.8 Å². The molecule has 0 N–H and O–H groups in total. The molecule has 4 nitrogen and oxygen atoms in total. The van der Waals surface area contributed by atoms with Gasteiger partial charge < -0.3 is 4.79 Å². The summed E-state index contributed by atoms with van der Waals surface area (Å²) in [6, 6.07) is 27.1. The number of hydrogen-bond donors (Lipinski definition) is 0. The molecular formula is C25H27NO3Si. The van der Waals surface area contributed by atoms with Crippen molar-refractivity contribution < 1.29 is 9.72 Å². The van der Waals surface area contributed by atoms with Crippen LogP contribution in [0, 0.1) is 17.0 Å². The number of carbonyl (C=O) groups excluding carboxylic acids is 1. The first-order valence-corrected chi connectivity index (χ1v) is 13.1. The molecule has 0 aromatic heterocycles. The second kappa shape index (κ2) is 9.18. The summed E-state index contributed by atoms with van der Waals surface area (Å²) >= 11 is 0. The van der Waals surface area contributed by atoms with Gasteiger partial charge in [-0.25, -0.2) is 0 Å². The second-order valence-corrected chi connectivity index (χ2v) is 12.6. The van der Waals surface area contributed by atoms with Crippen molar-refractivity contribution >= 4 is 18.7 Å². The second-order valence-electron chi connectivity index (χ2n) is 8.28. The lowest BCUT2D eigenvalue weighted by atomic mass is 9.82. The zero-order chi connectivity index (χ0) is 21.7. The number of aryl methyl sites for hydroxylation is 1. The third kappa shape index (κ3) is 4.74. The highest BCUT2D eigenvalue weighted by Gasteiger charge is 2.43. The molecule has 0 spiro atoms. The molecule has 2 atom stereocenters. The quantitative estimate of drug-likeness (QED) is 0.299. The van der Waals surface area contributed by atoms with E-state index in [2.05, 4.69) is 0 Å². The Morgan fingerprint density at radius 2 is 1.40 bits per heavy atom. The minimum absolute atomic E-state index is 0.118. The Morgan fingerprint density at radius 3 is 1.93 bits per heavy atom. The fourth-order valence-electron chi connectivity index (χ4n) is 3.99. The minimum Gasteiger partial charge on any atom is -0.304 e. The van der Waals surface area contributed by atoms with Gasteiger partial charge in [-0.2, -0.15) is 0 Å². The van der Waals surface area contributed by atoms with Crippen LogP contribution in [0.4, 0.5) is 0 Å². The van der Waals surface area contributed by atoms with Crippen molar-refractivity contribution in [2.45, 2.75) is 31.9 Å². The summed E-state index contributed by atoms with van der Waals surface area (Å²) in [6.07, 6.45) is 0. The van der Waals surface area contributed by atoms with Crippen LogP contribution in [0.5, 0.6) is 0 Å². The molecule has 0 saturated heterocycles. The third-order valence-electron chi connectivity index (χ3n) is 5.81. The molecule has 0 aliphatic rings. The van der Waals surface area contributed by atoms with E-state index in [1.165, 1.54) is 0 Å². The summed E-state index contributed by atoms with van der Waals surface area (Å²) in [5.74, 6) is -1.09. The van der Waals surface area contributed by atoms with Crippen LogP contribution < -0.4 is 5.19 Å². The van der Waals surface area contributed by atoms with Gasteiger partial charge in [-0.05, 0) is 18.1 Å². The maximum Gasteiger partial charge on any atom is 0.211 e. The summed E-state index contributed by atoms with van der Waals surface area (Å²) in [5.41, 5.74) is 2.75. The maximum absolute atomic E-state index is 14.1. The van der Waals surface area contributed by atoms with Gasteiger partial charge in [-0.3, -0.25) is 10.1 Å². The van der Waals surface area contributed by atoms with Crippen molar-refractivity contribution in [2.75, 3.05) is 6.54 Å². The van der Waals surface area contributed by atoms with Crippen LogP contribution in [-0.4, -0.2) is 24.9 Å². The molecule has 0 amide bonds. The Kier molecular flexibility index (Phi) is 6.62. The average Bonchev–Trinajstić information content (AvgIpc) is 2.75. The molecule has 3 aromatic rings. The molecule has 0 bridgehead atoms. The number of carbonyl (C=O) groups is 1. The number of benzene rings is 3. The summed E-state index contributed by atoms with van der Waals surface area (Å²) in [6.45, 7) is 5.78. The van der Waals surface area contributed by atoms with Crippen molar-refractivity contribution in [3.8, 4) is 0 Å². The topological polar surface area (TPSA) is 60.2 Å². The highest BCUT2D eigenvalue weighted by atomic mass is 28.3. The zero-order valence-electron chi connectivity index (χ0n) is 17.6. The third-order valence-corrected chi connectivity index (χ3v) is 9.13. The van der Waals surface area contributed by atoms with E-state index in [4.69, 9.17) is 0 Å². The van der Waals surface area contributed by atoms with Gasteiger partial charge in [0.1, 0.15) is 5.41 Å². The molecule has 0 saturated carbocycles. The van der Waals surface area contributed by atoms with Crippen molar-refractivity contribution in [3.05, 3.63) is 112 Å². The van der Waals surface area contributed by atoms with Crippen LogP contribution in [0.1, 0.15) is 28.5 Å². The van der Waals surface area contributed by atoms with Gasteiger partial charge in [-0.15, -0.1) is 0 Å². The van der Waals surface area contributed by atoms with E-state index in [9.17, 15) is 14.9 Å². The Labute approximate surface area is 178 Å². The normalized spacial score (nSPS) is 13.4. The van der Waals surface area contributed by atoms with E-state index < -0.39 is 19.9 Å². The van der Waals surface area contributed by atoms with Gasteiger partial charge in [0.25, 0.3) is 0 Å². The molecule has 5 heteroatoms. The summed E-state index contributed by atoms with van der Waals surface area (Å²) in [7, 11) is -2.55. The molecular weight excluding hydrogens is 390 g/mol. The number of nitro groups is 1. The molecule has 3 rings (SSSR count). The Morgan fingerprint density at radius 1 is 0.867 bits per heavy atom. The predicted molar refractivity (Wildman–Crippen MR) is 124 cm³/mol. The lowest BCUT2D eigenvalue weighted by Gasteiger charge is -2.31. The van der Waals surface area contributed by atoms with Crippen LogP contribution in [0.3, 0.4) is 0 Å². The lowest BCUT2D eigenvalue weighted by Crippen LogP contribution is -2.53. The molecule has 0 unspecified atom stereocenters. The molecule has 0 radical (unpaired) electrons. The number of hydrogen-bond acceptors (Lipinski definition) is 3. The monoisotopic (exact) mass is 417 g/mol. The Balaban J connectivity index is 2.14.